The van der Waals surface area contributed by atoms with Crippen molar-refractivity contribution in [2.45, 2.75) is 19.3 Å². The van der Waals surface area contributed by atoms with Crippen LogP contribution in [0.2, 0.25) is 20.1 Å². The standard InChI is InChI=1S/C19H15Cl4N3/c20-11-8-12(21)10-13(9-11)26-19-14(4-1-2-7-24-19)18(25-26)17-15(22)5-3-6-16(17)23/h3,5-6,8-10,24H,1-2,4,7H2. The zero-order valence-corrected chi connectivity index (χ0v) is 16.7. The molecule has 2 heterocycles. The van der Waals surface area contributed by atoms with Gasteiger partial charge < -0.3 is 5.32 Å². The summed E-state index contributed by atoms with van der Waals surface area (Å²) in [5, 5.41) is 10.6. The van der Waals surface area contributed by atoms with Crippen LogP contribution < -0.4 is 5.32 Å². The number of rotatable bonds is 2. The molecule has 0 atom stereocenters. The van der Waals surface area contributed by atoms with E-state index in [1.165, 1.54) is 0 Å². The highest BCUT2D eigenvalue weighted by Crippen LogP contribution is 2.40. The van der Waals surface area contributed by atoms with E-state index in [-0.39, 0.29) is 0 Å². The number of nitrogens with one attached hydrogen (secondary N) is 1. The Labute approximate surface area is 171 Å². The second-order valence-electron chi connectivity index (χ2n) is 6.20. The van der Waals surface area contributed by atoms with Gasteiger partial charge in [-0.05, 0) is 49.6 Å². The molecule has 3 nitrogen and oxygen atoms in total. The Morgan fingerprint density at radius 1 is 0.923 bits per heavy atom. The molecule has 134 valence electrons. The van der Waals surface area contributed by atoms with Gasteiger partial charge in [0.2, 0.25) is 0 Å². The van der Waals surface area contributed by atoms with Gasteiger partial charge in [0.25, 0.3) is 0 Å². The summed E-state index contributed by atoms with van der Waals surface area (Å²) in [5.41, 5.74) is 3.44. The summed E-state index contributed by atoms with van der Waals surface area (Å²) in [6.07, 6.45) is 3.05. The van der Waals surface area contributed by atoms with E-state index in [4.69, 9.17) is 51.5 Å². The summed E-state index contributed by atoms with van der Waals surface area (Å²) in [4.78, 5) is 0. The lowest BCUT2D eigenvalue weighted by Gasteiger charge is -2.10. The molecule has 0 fully saturated rings. The molecule has 1 aliphatic rings. The van der Waals surface area contributed by atoms with Crippen molar-refractivity contribution in [2.75, 3.05) is 11.9 Å². The SMILES string of the molecule is Clc1cc(Cl)cc(-n2nc(-c3c(Cl)cccc3Cl)c3c2NCCCC3)c1. The fourth-order valence-corrected chi connectivity index (χ4v) is 4.37. The highest BCUT2D eigenvalue weighted by Gasteiger charge is 2.24. The minimum Gasteiger partial charge on any atom is -0.370 e. The Kier molecular flexibility index (Phi) is 5.07. The zero-order chi connectivity index (χ0) is 18.3. The van der Waals surface area contributed by atoms with Crippen molar-refractivity contribution in [1.82, 2.24) is 9.78 Å². The number of nitrogens with zero attached hydrogens (tertiary/aromatic N) is 2. The maximum Gasteiger partial charge on any atom is 0.133 e. The number of anilines is 1. The molecule has 0 spiro atoms. The Morgan fingerprint density at radius 2 is 1.62 bits per heavy atom. The van der Waals surface area contributed by atoms with E-state index in [9.17, 15) is 0 Å². The normalized spacial score (nSPS) is 13.8. The van der Waals surface area contributed by atoms with Crippen LogP contribution in [0.15, 0.2) is 36.4 Å². The van der Waals surface area contributed by atoms with Gasteiger partial charge >= 0.3 is 0 Å². The second kappa shape index (κ2) is 7.32. The first kappa shape index (κ1) is 18.0. The van der Waals surface area contributed by atoms with Crippen molar-refractivity contribution >= 4 is 52.2 Å². The van der Waals surface area contributed by atoms with Gasteiger partial charge in [0.1, 0.15) is 11.5 Å². The molecule has 4 rings (SSSR count). The fourth-order valence-electron chi connectivity index (χ4n) is 3.28. The van der Waals surface area contributed by atoms with Gasteiger partial charge in [-0.1, -0.05) is 52.5 Å². The van der Waals surface area contributed by atoms with Gasteiger partial charge in [0, 0.05) is 27.7 Å². The molecular weight excluding hydrogens is 412 g/mol. The average Bonchev–Trinajstić information content (AvgIpc) is 2.76. The van der Waals surface area contributed by atoms with Crippen LogP contribution in [0.25, 0.3) is 16.9 Å². The smallest absolute Gasteiger partial charge is 0.133 e. The lowest BCUT2D eigenvalue weighted by atomic mass is 10.0. The third kappa shape index (κ3) is 3.29. The van der Waals surface area contributed by atoms with Gasteiger partial charge in [-0.2, -0.15) is 5.10 Å². The van der Waals surface area contributed by atoms with Crippen molar-refractivity contribution in [3.8, 4) is 16.9 Å². The lowest BCUT2D eigenvalue weighted by Crippen LogP contribution is -2.07. The molecule has 2 aromatic carbocycles. The molecule has 0 saturated heterocycles. The first-order valence-corrected chi connectivity index (χ1v) is 9.82. The van der Waals surface area contributed by atoms with Crippen LogP contribution in [-0.4, -0.2) is 16.3 Å². The van der Waals surface area contributed by atoms with E-state index in [1.807, 2.05) is 35.0 Å². The van der Waals surface area contributed by atoms with E-state index in [1.54, 1.807) is 6.07 Å². The van der Waals surface area contributed by atoms with Crippen molar-refractivity contribution in [2.24, 2.45) is 0 Å². The Morgan fingerprint density at radius 3 is 2.31 bits per heavy atom. The first-order valence-electron chi connectivity index (χ1n) is 8.31. The number of halogens is 4. The molecule has 1 aromatic heterocycles. The summed E-state index contributed by atoms with van der Waals surface area (Å²) in [6.45, 7) is 0.878. The predicted octanol–water partition coefficient (Wildman–Crippen LogP) is 6.90. The van der Waals surface area contributed by atoms with E-state index in [0.717, 1.165) is 54.1 Å². The number of benzene rings is 2. The van der Waals surface area contributed by atoms with Crippen LogP contribution >= 0.6 is 46.4 Å². The minimum atomic E-state index is 0.558. The van der Waals surface area contributed by atoms with Gasteiger partial charge in [-0.3, -0.25) is 0 Å². The molecule has 0 aliphatic carbocycles. The van der Waals surface area contributed by atoms with Crippen LogP contribution in [-0.2, 0) is 6.42 Å². The molecule has 26 heavy (non-hydrogen) atoms. The highest BCUT2D eigenvalue weighted by molar-refractivity contribution is 6.39. The number of hydrogen-bond acceptors (Lipinski definition) is 2. The number of aromatic nitrogens is 2. The summed E-state index contributed by atoms with van der Waals surface area (Å²) >= 11 is 25.3. The topological polar surface area (TPSA) is 29.9 Å². The molecular formula is C19H15Cl4N3. The van der Waals surface area contributed by atoms with Crippen LogP contribution in [0.5, 0.6) is 0 Å². The van der Waals surface area contributed by atoms with Gasteiger partial charge in [-0.25, -0.2) is 4.68 Å². The molecule has 1 aliphatic heterocycles. The molecule has 0 bridgehead atoms. The molecule has 1 N–H and O–H groups in total. The van der Waals surface area contributed by atoms with Crippen molar-refractivity contribution in [3.63, 3.8) is 0 Å². The Bertz CT molecular complexity index is 941. The van der Waals surface area contributed by atoms with E-state index in [0.29, 0.717) is 20.1 Å². The summed E-state index contributed by atoms with van der Waals surface area (Å²) in [5.74, 6) is 0.937. The van der Waals surface area contributed by atoms with Crippen molar-refractivity contribution < 1.29 is 0 Å². The van der Waals surface area contributed by atoms with Gasteiger partial charge in [-0.15, -0.1) is 0 Å². The summed E-state index contributed by atoms with van der Waals surface area (Å²) < 4.78 is 1.84. The first-order chi connectivity index (χ1) is 12.5. The quantitative estimate of drug-likeness (QED) is 0.482. The summed E-state index contributed by atoms with van der Waals surface area (Å²) in [7, 11) is 0. The van der Waals surface area contributed by atoms with E-state index >= 15 is 0 Å². The Hall–Kier alpha value is -1.39. The maximum atomic E-state index is 6.46. The minimum absolute atomic E-state index is 0.558. The van der Waals surface area contributed by atoms with Crippen LogP contribution in [0.4, 0.5) is 5.82 Å². The van der Waals surface area contributed by atoms with E-state index < -0.39 is 0 Å². The third-order valence-corrected chi connectivity index (χ3v) is 5.49. The van der Waals surface area contributed by atoms with Gasteiger partial charge in [0.05, 0.1) is 15.7 Å². The molecule has 0 saturated carbocycles. The van der Waals surface area contributed by atoms with E-state index in [2.05, 4.69) is 5.32 Å². The Balaban J connectivity index is 1.98. The molecule has 7 heteroatoms. The summed E-state index contributed by atoms with van der Waals surface area (Å²) in [6, 6.07) is 10.9. The second-order valence-corrected chi connectivity index (χ2v) is 7.88. The predicted molar refractivity (Wildman–Crippen MR) is 110 cm³/mol. The number of fused-ring (bicyclic) bond motifs is 1. The monoisotopic (exact) mass is 425 g/mol. The number of hydrogen-bond donors (Lipinski definition) is 1. The maximum absolute atomic E-state index is 6.46. The van der Waals surface area contributed by atoms with Crippen molar-refractivity contribution in [1.29, 1.82) is 0 Å². The molecule has 0 radical (unpaired) electrons. The van der Waals surface area contributed by atoms with Crippen molar-refractivity contribution in [3.05, 3.63) is 62.1 Å². The molecule has 0 amide bonds. The van der Waals surface area contributed by atoms with Crippen LogP contribution in [0.3, 0.4) is 0 Å². The van der Waals surface area contributed by atoms with Crippen LogP contribution in [0.1, 0.15) is 18.4 Å². The van der Waals surface area contributed by atoms with Crippen LogP contribution in [0, 0.1) is 0 Å². The third-order valence-electron chi connectivity index (χ3n) is 4.42. The zero-order valence-electron chi connectivity index (χ0n) is 13.7. The molecule has 3 aromatic rings. The average molecular weight is 427 g/mol. The van der Waals surface area contributed by atoms with Gasteiger partial charge in [0.15, 0.2) is 0 Å². The fraction of sp³-hybridized carbons (Fsp3) is 0.211. The largest absolute Gasteiger partial charge is 0.370 e. The highest BCUT2D eigenvalue weighted by atomic mass is 35.5. The molecule has 0 unspecified atom stereocenters. The lowest BCUT2D eigenvalue weighted by molar-refractivity contribution is 0.780.